The Bertz CT molecular complexity index is 1080. The van der Waals surface area contributed by atoms with Gasteiger partial charge < -0.3 is 15.4 Å². The van der Waals surface area contributed by atoms with E-state index in [1.807, 2.05) is 0 Å². The van der Waals surface area contributed by atoms with Crippen molar-refractivity contribution in [1.82, 2.24) is 29.9 Å². The van der Waals surface area contributed by atoms with Gasteiger partial charge in [-0.1, -0.05) is 29.3 Å². The molecule has 4 aromatic rings. The second-order valence-corrected chi connectivity index (χ2v) is 6.10. The van der Waals surface area contributed by atoms with Crippen molar-refractivity contribution in [3.63, 3.8) is 0 Å². The molecule has 10 heteroatoms. The number of hydrogen-bond donors (Lipinski definition) is 3. The smallest absolute Gasteiger partial charge is 0.183 e. The minimum atomic E-state index is -0.185. The highest BCUT2D eigenvalue weighted by Crippen LogP contribution is 2.34. The van der Waals surface area contributed by atoms with Gasteiger partial charge in [0.1, 0.15) is 29.8 Å². The van der Waals surface area contributed by atoms with Gasteiger partial charge in [-0.25, -0.2) is 24.9 Å². The van der Waals surface area contributed by atoms with Crippen LogP contribution in [0.4, 0.5) is 11.6 Å². The molecule has 26 heavy (non-hydrogen) atoms. The Balaban J connectivity index is 1.79. The van der Waals surface area contributed by atoms with E-state index in [-0.39, 0.29) is 6.61 Å². The van der Waals surface area contributed by atoms with Gasteiger partial charge in [0.15, 0.2) is 11.5 Å². The van der Waals surface area contributed by atoms with Crippen LogP contribution in [-0.4, -0.2) is 35.0 Å². The normalized spacial score (nSPS) is 11.0. The second-order valence-electron chi connectivity index (χ2n) is 5.28. The molecule has 0 radical (unpaired) electrons. The quantitative estimate of drug-likeness (QED) is 0.491. The molecule has 8 nitrogen and oxygen atoms in total. The van der Waals surface area contributed by atoms with E-state index in [0.717, 1.165) is 0 Å². The van der Waals surface area contributed by atoms with Crippen molar-refractivity contribution in [1.29, 1.82) is 0 Å². The van der Waals surface area contributed by atoms with Crippen LogP contribution < -0.4 is 5.32 Å². The molecule has 1 aromatic carbocycles. The molecule has 0 atom stereocenters. The van der Waals surface area contributed by atoms with Gasteiger partial charge >= 0.3 is 0 Å². The lowest BCUT2D eigenvalue weighted by molar-refractivity contribution is 0.276. The van der Waals surface area contributed by atoms with Crippen LogP contribution >= 0.6 is 23.2 Å². The number of aliphatic hydroxyl groups excluding tert-OH is 1. The summed E-state index contributed by atoms with van der Waals surface area (Å²) in [4.78, 5) is 24.1. The molecule has 0 unspecified atom stereocenters. The van der Waals surface area contributed by atoms with E-state index in [0.29, 0.717) is 49.9 Å². The average molecular weight is 388 g/mol. The van der Waals surface area contributed by atoms with Gasteiger partial charge in [-0.3, -0.25) is 0 Å². The maximum absolute atomic E-state index is 9.20. The van der Waals surface area contributed by atoms with Crippen LogP contribution in [-0.2, 0) is 6.61 Å². The molecule has 0 aliphatic heterocycles. The number of aliphatic hydroxyl groups is 1. The zero-order valence-electron chi connectivity index (χ0n) is 13.1. The van der Waals surface area contributed by atoms with Gasteiger partial charge in [0.25, 0.3) is 0 Å². The fourth-order valence-electron chi connectivity index (χ4n) is 2.44. The number of anilines is 2. The fraction of sp³-hybridized carbons (Fsp3) is 0.0625. The predicted octanol–water partition coefficient (Wildman–Crippen LogP) is 3.35. The minimum absolute atomic E-state index is 0.185. The molecule has 0 aliphatic rings. The third kappa shape index (κ3) is 3.05. The Morgan fingerprint density at radius 2 is 1.81 bits per heavy atom. The van der Waals surface area contributed by atoms with E-state index in [1.165, 1.54) is 12.7 Å². The Hall–Kier alpha value is -2.81. The number of rotatable bonds is 4. The predicted molar refractivity (Wildman–Crippen MR) is 98.4 cm³/mol. The molecule has 0 aliphatic carbocycles. The molecule has 130 valence electrons. The molecule has 0 saturated carbocycles. The van der Waals surface area contributed by atoms with E-state index < -0.39 is 0 Å². The summed E-state index contributed by atoms with van der Waals surface area (Å²) in [5.74, 6) is 1.44. The van der Waals surface area contributed by atoms with Gasteiger partial charge in [0, 0.05) is 6.07 Å². The van der Waals surface area contributed by atoms with Gasteiger partial charge in [0.2, 0.25) is 0 Å². The molecule has 4 rings (SSSR count). The minimum Gasteiger partial charge on any atom is -0.390 e. The van der Waals surface area contributed by atoms with Crippen molar-refractivity contribution in [3.8, 4) is 11.4 Å². The summed E-state index contributed by atoms with van der Waals surface area (Å²) >= 11 is 12.5. The van der Waals surface area contributed by atoms with Crippen molar-refractivity contribution in [2.24, 2.45) is 0 Å². The van der Waals surface area contributed by atoms with Gasteiger partial charge in [0.05, 0.1) is 27.9 Å². The Morgan fingerprint density at radius 1 is 1.04 bits per heavy atom. The SMILES string of the molecule is OCc1cc(Nc2ncnc3nc(-c4c(Cl)cccc4Cl)[nH]c23)ncn1. The lowest BCUT2D eigenvalue weighted by atomic mass is 10.2. The molecule has 0 fully saturated rings. The summed E-state index contributed by atoms with van der Waals surface area (Å²) in [5, 5.41) is 13.2. The summed E-state index contributed by atoms with van der Waals surface area (Å²) in [6.07, 6.45) is 2.74. The third-order valence-electron chi connectivity index (χ3n) is 3.62. The number of imidazole rings is 1. The highest BCUT2D eigenvalue weighted by Gasteiger charge is 2.16. The average Bonchev–Trinajstić information content (AvgIpc) is 3.06. The molecule has 0 saturated heterocycles. The lowest BCUT2D eigenvalue weighted by Gasteiger charge is -2.05. The number of benzene rings is 1. The van der Waals surface area contributed by atoms with E-state index in [9.17, 15) is 5.11 Å². The Morgan fingerprint density at radius 3 is 2.58 bits per heavy atom. The van der Waals surface area contributed by atoms with Crippen LogP contribution in [0.2, 0.25) is 10.0 Å². The maximum Gasteiger partial charge on any atom is 0.183 e. The number of nitrogens with one attached hydrogen (secondary N) is 2. The first kappa shape index (κ1) is 16.6. The number of aromatic amines is 1. The van der Waals surface area contributed by atoms with Gasteiger partial charge in [-0.05, 0) is 12.1 Å². The van der Waals surface area contributed by atoms with Gasteiger partial charge in [-0.15, -0.1) is 0 Å². The largest absolute Gasteiger partial charge is 0.390 e. The highest BCUT2D eigenvalue weighted by atomic mass is 35.5. The van der Waals surface area contributed by atoms with Crippen molar-refractivity contribution in [3.05, 3.63) is 52.7 Å². The molecule has 3 heterocycles. The Labute approximate surface area is 157 Å². The van der Waals surface area contributed by atoms with Crippen LogP contribution in [0.5, 0.6) is 0 Å². The summed E-state index contributed by atoms with van der Waals surface area (Å²) in [6, 6.07) is 6.85. The first-order chi connectivity index (χ1) is 12.7. The zero-order chi connectivity index (χ0) is 18.1. The number of nitrogens with zero attached hydrogens (tertiary/aromatic N) is 5. The van der Waals surface area contributed by atoms with Crippen molar-refractivity contribution in [2.45, 2.75) is 6.61 Å². The molecule has 3 aromatic heterocycles. The number of aromatic nitrogens is 6. The molecular formula is C16H11Cl2N7O. The van der Waals surface area contributed by atoms with E-state index in [2.05, 4.69) is 35.2 Å². The lowest BCUT2D eigenvalue weighted by Crippen LogP contribution is -2.00. The van der Waals surface area contributed by atoms with Crippen LogP contribution in [0.3, 0.4) is 0 Å². The van der Waals surface area contributed by atoms with Crippen molar-refractivity contribution in [2.75, 3.05) is 5.32 Å². The molecular weight excluding hydrogens is 377 g/mol. The Kier molecular flexibility index (Phi) is 4.37. The highest BCUT2D eigenvalue weighted by molar-refractivity contribution is 6.39. The summed E-state index contributed by atoms with van der Waals surface area (Å²) < 4.78 is 0. The first-order valence-electron chi connectivity index (χ1n) is 7.49. The molecule has 0 amide bonds. The topological polar surface area (TPSA) is 112 Å². The number of halogens is 2. The molecule has 0 spiro atoms. The van der Waals surface area contributed by atoms with Crippen molar-refractivity contribution >= 4 is 46.0 Å². The van der Waals surface area contributed by atoms with E-state index >= 15 is 0 Å². The van der Waals surface area contributed by atoms with Crippen LogP contribution in [0.1, 0.15) is 5.69 Å². The van der Waals surface area contributed by atoms with E-state index in [1.54, 1.807) is 24.3 Å². The third-order valence-corrected chi connectivity index (χ3v) is 4.25. The number of hydrogen-bond acceptors (Lipinski definition) is 7. The van der Waals surface area contributed by atoms with Crippen LogP contribution in [0.15, 0.2) is 36.9 Å². The monoisotopic (exact) mass is 387 g/mol. The fourth-order valence-corrected chi connectivity index (χ4v) is 3.02. The van der Waals surface area contributed by atoms with E-state index in [4.69, 9.17) is 23.2 Å². The maximum atomic E-state index is 9.20. The summed E-state index contributed by atoms with van der Waals surface area (Å²) in [7, 11) is 0. The summed E-state index contributed by atoms with van der Waals surface area (Å²) in [5.41, 5.74) is 2.10. The standard InChI is InChI=1S/C16H11Cl2N7O/c17-9-2-1-3-10(18)12(9)14-24-13-15(21-7-22-16(13)25-14)23-11-4-8(5-26)19-6-20-11/h1-4,6-7,26H,5H2,(H2,19,20,21,22,23,24,25). The number of fused-ring (bicyclic) bond motifs is 1. The van der Waals surface area contributed by atoms with Crippen LogP contribution in [0, 0.1) is 0 Å². The molecule has 0 bridgehead atoms. The zero-order valence-corrected chi connectivity index (χ0v) is 14.6. The summed E-state index contributed by atoms with van der Waals surface area (Å²) in [6.45, 7) is -0.185. The van der Waals surface area contributed by atoms with Crippen molar-refractivity contribution < 1.29 is 5.11 Å². The van der Waals surface area contributed by atoms with Crippen LogP contribution in [0.25, 0.3) is 22.6 Å². The second kappa shape index (κ2) is 6.83. The molecule has 3 N–H and O–H groups in total. The number of H-pyrrole nitrogens is 1. The first-order valence-corrected chi connectivity index (χ1v) is 8.25. The van der Waals surface area contributed by atoms with Gasteiger partial charge in [-0.2, -0.15) is 0 Å².